The fourth-order valence-electron chi connectivity index (χ4n) is 2.13. The number of nitrogens with zero attached hydrogens (tertiary/aromatic N) is 1. The summed E-state index contributed by atoms with van der Waals surface area (Å²) in [7, 11) is 2.04. The summed E-state index contributed by atoms with van der Waals surface area (Å²) in [5.41, 5.74) is 0. The number of carbonyl (C=O) groups excluding carboxylic acids is 1. The molecule has 0 aromatic heterocycles. The summed E-state index contributed by atoms with van der Waals surface area (Å²) in [5.74, 6) is 0.860. The first-order valence-electron chi connectivity index (χ1n) is 5.44. The summed E-state index contributed by atoms with van der Waals surface area (Å²) in [6.45, 7) is 3.44. The van der Waals surface area contributed by atoms with E-state index < -0.39 is 0 Å². The maximum absolute atomic E-state index is 10.9. The molecule has 0 saturated carbocycles. The summed E-state index contributed by atoms with van der Waals surface area (Å²) in [5, 5.41) is 9.55. The Hall–Kier alpha value is -0.410. The normalized spacial score (nSPS) is 29.9. The number of rotatable bonds is 3. The van der Waals surface area contributed by atoms with Crippen LogP contribution in [0.4, 0.5) is 0 Å². The fourth-order valence-corrected chi connectivity index (χ4v) is 2.13. The minimum absolute atomic E-state index is 0.178. The van der Waals surface area contributed by atoms with E-state index in [1.165, 1.54) is 0 Å². The van der Waals surface area contributed by atoms with Gasteiger partial charge in [0.25, 0.3) is 0 Å². The Morgan fingerprint density at radius 1 is 1.43 bits per heavy atom. The van der Waals surface area contributed by atoms with E-state index in [1.54, 1.807) is 6.92 Å². The van der Waals surface area contributed by atoms with Gasteiger partial charge in [0.2, 0.25) is 0 Å². The second-order valence-corrected chi connectivity index (χ2v) is 4.56. The number of aliphatic hydroxyl groups excluding tert-OH is 1. The highest BCUT2D eigenvalue weighted by atomic mass is 16.3. The van der Waals surface area contributed by atoms with Crippen molar-refractivity contribution in [3.05, 3.63) is 0 Å². The minimum atomic E-state index is -0.178. The molecule has 2 atom stereocenters. The third-order valence-corrected chi connectivity index (χ3v) is 2.91. The molecular weight excluding hydrogens is 178 g/mol. The van der Waals surface area contributed by atoms with E-state index in [-0.39, 0.29) is 11.9 Å². The van der Waals surface area contributed by atoms with Crippen LogP contribution in [0.5, 0.6) is 0 Å². The van der Waals surface area contributed by atoms with Gasteiger partial charge in [-0.15, -0.1) is 0 Å². The molecule has 1 saturated heterocycles. The Labute approximate surface area is 86.1 Å². The van der Waals surface area contributed by atoms with E-state index in [4.69, 9.17) is 0 Å². The number of hydrogen-bond acceptors (Lipinski definition) is 3. The highest BCUT2D eigenvalue weighted by molar-refractivity contribution is 5.75. The zero-order valence-electron chi connectivity index (χ0n) is 9.20. The molecule has 14 heavy (non-hydrogen) atoms. The quantitative estimate of drug-likeness (QED) is 0.739. The Morgan fingerprint density at radius 2 is 2.14 bits per heavy atom. The average Bonchev–Trinajstić information content (AvgIpc) is 2.23. The predicted octanol–water partition coefficient (Wildman–Crippen LogP) is 1.06. The molecule has 0 amide bonds. The van der Waals surface area contributed by atoms with Gasteiger partial charge in [-0.1, -0.05) is 0 Å². The maximum Gasteiger partial charge on any atom is 0.129 e. The van der Waals surface area contributed by atoms with Crippen LogP contribution in [0.25, 0.3) is 0 Å². The van der Waals surface area contributed by atoms with E-state index in [0.29, 0.717) is 12.3 Å². The van der Waals surface area contributed by atoms with Crippen molar-refractivity contribution in [1.82, 2.24) is 4.90 Å². The van der Waals surface area contributed by atoms with E-state index in [1.807, 2.05) is 7.05 Å². The van der Waals surface area contributed by atoms with E-state index >= 15 is 0 Å². The number of β-amino-alcohol motifs (C(OH)–C–C–N with tert-alkyl or cyclic N) is 1. The molecule has 0 bridgehead atoms. The number of aliphatic hydroxyl groups is 1. The zero-order chi connectivity index (χ0) is 10.6. The molecule has 3 nitrogen and oxygen atoms in total. The maximum atomic E-state index is 10.9. The van der Waals surface area contributed by atoms with Gasteiger partial charge >= 0.3 is 0 Å². The van der Waals surface area contributed by atoms with Crippen molar-refractivity contribution in [1.29, 1.82) is 0 Å². The van der Waals surface area contributed by atoms with Gasteiger partial charge in [0.15, 0.2) is 0 Å². The number of ketones is 1. The van der Waals surface area contributed by atoms with Crippen molar-refractivity contribution in [2.75, 3.05) is 20.1 Å². The molecule has 1 aliphatic rings. The van der Waals surface area contributed by atoms with Crippen LogP contribution in [0.2, 0.25) is 0 Å². The molecule has 0 aliphatic carbocycles. The monoisotopic (exact) mass is 199 g/mol. The molecule has 0 spiro atoms. The summed E-state index contributed by atoms with van der Waals surface area (Å²) in [4.78, 5) is 13.0. The second-order valence-electron chi connectivity index (χ2n) is 4.56. The molecule has 1 fully saturated rings. The van der Waals surface area contributed by atoms with Crippen LogP contribution in [0.15, 0.2) is 0 Å². The number of hydrogen-bond donors (Lipinski definition) is 1. The van der Waals surface area contributed by atoms with Crippen LogP contribution >= 0.6 is 0 Å². The van der Waals surface area contributed by atoms with E-state index in [9.17, 15) is 9.90 Å². The molecule has 82 valence electrons. The predicted molar refractivity (Wildman–Crippen MR) is 56.1 cm³/mol. The molecule has 0 unspecified atom stereocenters. The smallest absolute Gasteiger partial charge is 0.129 e. The molecular formula is C11H21NO2. The van der Waals surface area contributed by atoms with Crippen molar-refractivity contribution in [2.24, 2.45) is 5.92 Å². The van der Waals surface area contributed by atoms with Crippen molar-refractivity contribution >= 4 is 5.78 Å². The number of likely N-dealkylation sites (tertiary alicyclic amines) is 1. The van der Waals surface area contributed by atoms with Crippen LogP contribution in [-0.2, 0) is 4.79 Å². The largest absolute Gasteiger partial charge is 0.392 e. The number of Topliss-reactive ketones (excluding diaryl/α,β-unsaturated/α-hetero) is 1. The molecule has 0 aromatic carbocycles. The SMILES string of the molecule is CC(=O)CC[C@@H]1CC[C@H](O)CN(C)C1. The standard InChI is InChI=1S/C11H21NO2/c1-9(13)3-4-10-5-6-11(14)8-12(2)7-10/h10-11,14H,3-8H2,1-2H3/t10-,11+/m1/s1. The molecule has 3 heteroatoms. The van der Waals surface area contributed by atoms with E-state index in [2.05, 4.69) is 4.90 Å². The molecule has 0 aromatic rings. The lowest BCUT2D eigenvalue weighted by molar-refractivity contribution is -0.117. The Morgan fingerprint density at radius 3 is 2.79 bits per heavy atom. The first-order chi connectivity index (χ1) is 6.58. The summed E-state index contributed by atoms with van der Waals surface area (Å²) >= 11 is 0. The van der Waals surface area contributed by atoms with Crippen molar-refractivity contribution in [3.8, 4) is 0 Å². The lowest BCUT2D eigenvalue weighted by Crippen LogP contribution is -2.28. The Kier molecular flexibility index (Phi) is 4.55. The Balaban J connectivity index is 2.34. The van der Waals surface area contributed by atoms with Gasteiger partial charge < -0.3 is 14.8 Å². The summed E-state index contributed by atoms with van der Waals surface area (Å²) in [6.07, 6.45) is 3.43. The minimum Gasteiger partial charge on any atom is -0.392 e. The molecule has 1 heterocycles. The first kappa shape index (κ1) is 11.7. The number of likely N-dealkylation sites (N-methyl/N-ethyl adjacent to an activating group) is 1. The van der Waals surface area contributed by atoms with Gasteiger partial charge in [0.1, 0.15) is 5.78 Å². The molecule has 1 N–H and O–H groups in total. The molecule has 1 aliphatic heterocycles. The van der Waals surface area contributed by atoms with E-state index in [0.717, 1.165) is 32.4 Å². The highest BCUT2D eigenvalue weighted by Crippen LogP contribution is 2.20. The molecule has 1 rings (SSSR count). The second kappa shape index (κ2) is 5.47. The van der Waals surface area contributed by atoms with Crippen LogP contribution in [-0.4, -0.2) is 42.0 Å². The molecule has 0 radical (unpaired) electrons. The van der Waals surface area contributed by atoms with Crippen LogP contribution < -0.4 is 0 Å². The van der Waals surface area contributed by atoms with Crippen molar-refractivity contribution < 1.29 is 9.90 Å². The van der Waals surface area contributed by atoms with Crippen molar-refractivity contribution in [2.45, 2.75) is 38.7 Å². The summed E-state index contributed by atoms with van der Waals surface area (Å²) < 4.78 is 0. The highest BCUT2D eigenvalue weighted by Gasteiger charge is 2.20. The van der Waals surface area contributed by atoms with Crippen molar-refractivity contribution in [3.63, 3.8) is 0 Å². The Bertz CT molecular complexity index is 194. The van der Waals surface area contributed by atoms with Gasteiger partial charge in [-0.3, -0.25) is 0 Å². The summed E-state index contributed by atoms with van der Waals surface area (Å²) in [6, 6.07) is 0. The van der Waals surface area contributed by atoms with Gasteiger partial charge in [0, 0.05) is 19.5 Å². The third-order valence-electron chi connectivity index (χ3n) is 2.91. The van der Waals surface area contributed by atoms with Crippen LogP contribution in [0.1, 0.15) is 32.6 Å². The fraction of sp³-hybridized carbons (Fsp3) is 0.909. The van der Waals surface area contributed by atoms with Crippen LogP contribution in [0.3, 0.4) is 0 Å². The number of carbonyl (C=O) groups is 1. The van der Waals surface area contributed by atoms with Gasteiger partial charge in [-0.25, -0.2) is 0 Å². The topological polar surface area (TPSA) is 40.5 Å². The van der Waals surface area contributed by atoms with Gasteiger partial charge in [-0.2, -0.15) is 0 Å². The van der Waals surface area contributed by atoms with Crippen LogP contribution in [0, 0.1) is 5.92 Å². The first-order valence-corrected chi connectivity index (χ1v) is 5.44. The van der Waals surface area contributed by atoms with Gasteiger partial charge in [-0.05, 0) is 39.2 Å². The average molecular weight is 199 g/mol. The van der Waals surface area contributed by atoms with Gasteiger partial charge in [0.05, 0.1) is 6.10 Å². The third kappa shape index (κ3) is 4.20. The lowest BCUT2D eigenvalue weighted by atomic mass is 9.96. The lowest BCUT2D eigenvalue weighted by Gasteiger charge is -2.19. The zero-order valence-corrected chi connectivity index (χ0v) is 9.20.